The van der Waals surface area contributed by atoms with Gasteiger partial charge in [0.1, 0.15) is 0 Å². The highest BCUT2D eigenvalue weighted by atomic mass is 15.0. The van der Waals surface area contributed by atoms with Crippen molar-refractivity contribution < 1.29 is 0 Å². The van der Waals surface area contributed by atoms with Crippen LogP contribution in [-0.2, 0) is 5.54 Å². The summed E-state index contributed by atoms with van der Waals surface area (Å²) in [6.07, 6.45) is 4.54. The van der Waals surface area contributed by atoms with E-state index in [2.05, 4.69) is 236 Å². The Morgan fingerprint density at radius 1 is 0.459 bits per heavy atom. The molecule has 1 aliphatic heterocycles. The quantitative estimate of drug-likeness (QED) is 0.168. The Labute approximate surface area is 358 Å². The van der Waals surface area contributed by atoms with Crippen LogP contribution in [0.25, 0.3) is 72.0 Å². The maximum absolute atomic E-state index is 4.17. The van der Waals surface area contributed by atoms with Gasteiger partial charge >= 0.3 is 0 Å². The lowest BCUT2D eigenvalue weighted by Gasteiger charge is -2.41. The molecule has 0 bridgehead atoms. The predicted octanol–water partition coefficient (Wildman–Crippen LogP) is 16.1. The Morgan fingerprint density at radius 2 is 1.03 bits per heavy atom. The molecule has 0 aromatic heterocycles. The minimum Gasteiger partial charge on any atom is -0.372 e. The van der Waals surface area contributed by atoms with Gasteiger partial charge in [-0.25, -0.2) is 0 Å². The smallest absolute Gasteiger partial charge is 0.0818 e. The molecule has 2 N–H and O–H groups in total. The van der Waals surface area contributed by atoms with E-state index in [0.717, 1.165) is 29.9 Å². The monoisotopic (exact) mass is 782 g/mol. The van der Waals surface area contributed by atoms with Crippen LogP contribution >= 0.6 is 0 Å². The molecular weight excluding hydrogens is 737 g/mol. The molecule has 0 fully saturated rings. The standard InChI is InChI=1S/C59H46N2/c1-40-33-47(39-59(38-40,48-22-9-4-10-23-48)61-49-34-45-21-11-12-24-50(45)54(37-49)43-17-5-2-6-18-43)42-31-29-41(30-32-42)46-35-55(44-19-7-3-8-20-44)58-56(36-46)52-26-14-13-25-51(52)53-27-15-16-28-57(53)60-58/h2-32,34-37,39-40,60-61H,33,38H2,1H3. The largest absolute Gasteiger partial charge is 0.372 e. The predicted molar refractivity (Wildman–Crippen MR) is 259 cm³/mol. The van der Waals surface area contributed by atoms with Crippen LogP contribution in [0.2, 0.25) is 0 Å². The van der Waals surface area contributed by atoms with Gasteiger partial charge in [-0.05, 0) is 116 Å². The summed E-state index contributed by atoms with van der Waals surface area (Å²) in [4.78, 5) is 0. The van der Waals surface area contributed by atoms with Gasteiger partial charge in [0.05, 0.1) is 11.2 Å². The molecule has 2 aliphatic rings. The van der Waals surface area contributed by atoms with E-state index in [1.165, 1.54) is 83.1 Å². The number of para-hydroxylation sites is 1. The fourth-order valence-electron chi connectivity index (χ4n) is 10.00. The van der Waals surface area contributed by atoms with E-state index in [1.807, 2.05) is 0 Å². The van der Waals surface area contributed by atoms with E-state index >= 15 is 0 Å². The summed E-state index contributed by atoms with van der Waals surface area (Å²) in [6, 6.07) is 77.6. The fraction of sp³-hybridized carbons (Fsp3) is 0.0847. The van der Waals surface area contributed by atoms with Crippen LogP contribution in [0.1, 0.15) is 30.9 Å². The third-order valence-corrected chi connectivity index (χ3v) is 12.8. The lowest BCUT2D eigenvalue weighted by atomic mass is 9.72. The van der Waals surface area contributed by atoms with E-state index in [0.29, 0.717) is 5.92 Å². The number of allylic oxidation sites excluding steroid dienone is 1. The normalized spacial score (nSPS) is 16.6. The molecule has 0 saturated carbocycles. The van der Waals surface area contributed by atoms with Crippen molar-refractivity contribution >= 4 is 33.4 Å². The molecule has 1 aliphatic carbocycles. The number of hydrogen-bond acceptors (Lipinski definition) is 2. The lowest BCUT2D eigenvalue weighted by Crippen LogP contribution is -2.38. The molecule has 2 unspecified atom stereocenters. The van der Waals surface area contributed by atoms with Crippen LogP contribution < -0.4 is 10.6 Å². The van der Waals surface area contributed by atoms with Crippen molar-refractivity contribution in [1.82, 2.24) is 0 Å². The highest BCUT2D eigenvalue weighted by Crippen LogP contribution is 2.50. The average Bonchev–Trinajstić information content (AvgIpc) is 3.46. The average molecular weight is 783 g/mol. The summed E-state index contributed by atoms with van der Waals surface area (Å²) in [5.74, 6) is 0.455. The van der Waals surface area contributed by atoms with Crippen molar-refractivity contribution in [1.29, 1.82) is 0 Å². The van der Waals surface area contributed by atoms with Crippen LogP contribution in [0, 0.1) is 5.92 Å². The van der Waals surface area contributed by atoms with Gasteiger partial charge < -0.3 is 10.6 Å². The Kier molecular flexibility index (Phi) is 9.20. The van der Waals surface area contributed by atoms with Crippen molar-refractivity contribution in [2.75, 3.05) is 10.6 Å². The molecular formula is C59H46N2. The number of anilines is 3. The first-order chi connectivity index (χ1) is 30.1. The Morgan fingerprint density at radius 3 is 1.77 bits per heavy atom. The van der Waals surface area contributed by atoms with Gasteiger partial charge in [0, 0.05) is 28.1 Å². The second kappa shape index (κ2) is 15.3. The molecule has 2 heteroatoms. The van der Waals surface area contributed by atoms with Crippen LogP contribution in [0.15, 0.2) is 218 Å². The van der Waals surface area contributed by atoms with Gasteiger partial charge in [0.15, 0.2) is 0 Å². The van der Waals surface area contributed by atoms with E-state index in [-0.39, 0.29) is 0 Å². The third kappa shape index (κ3) is 6.81. The van der Waals surface area contributed by atoms with Gasteiger partial charge in [-0.15, -0.1) is 0 Å². The summed E-state index contributed by atoms with van der Waals surface area (Å²) in [5.41, 5.74) is 19.0. The van der Waals surface area contributed by atoms with Crippen molar-refractivity contribution in [3.05, 3.63) is 230 Å². The molecule has 61 heavy (non-hydrogen) atoms. The second-order valence-electron chi connectivity index (χ2n) is 16.9. The molecule has 0 radical (unpaired) electrons. The van der Waals surface area contributed by atoms with Gasteiger partial charge in [-0.3, -0.25) is 0 Å². The SMILES string of the molecule is CC1CC(c2ccc(-c3cc(-c4ccccc4)c4c(c3)-c3ccccc3-c3ccccc3N4)cc2)=CC(Nc2cc(-c3ccccc3)c3ccccc3c2)(c2ccccc2)C1. The first kappa shape index (κ1) is 36.6. The Balaban J connectivity index is 1.01. The van der Waals surface area contributed by atoms with Crippen LogP contribution in [0.4, 0.5) is 17.1 Å². The number of benzene rings is 9. The van der Waals surface area contributed by atoms with Gasteiger partial charge in [-0.2, -0.15) is 0 Å². The molecule has 2 nitrogen and oxygen atoms in total. The van der Waals surface area contributed by atoms with Crippen LogP contribution in [0.3, 0.4) is 0 Å². The minimum atomic E-state index is -0.400. The number of nitrogens with one attached hydrogen (secondary N) is 2. The first-order valence-electron chi connectivity index (χ1n) is 21.5. The Bertz CT molecular complexity index is 3080. The molecule has 9 aromatic rings. The maximum Gasteiger partial charge on any atom is 0.0818 e. The van der Waals surface area contributed by atoms with Gasteiger partial charge in [-0.1, -0.05) is 195 Å². The Hall–Kier alpha value is -7.42. The summed E-state index contributed by atoms with van der Waals surface area (Å²) in [5, 5.41) is 10.6. The second-order valence-corrected chi connectivity index (χ2v) is 16.9. The molecule has 2 atom stereocenters. The minimum absolute atomic E-state index is 0.400. The van der Waals surface area contributed by atoms with Crippen LogP contribution in [-0.4, -0.2) is 0 Å². The highest BCUT2D eigenvalue weighted by molar-refractivity contribution is 6.05. The molecule has 292 valence electrons. The molecule has 0 amide bonds. The molecule has 0 spiro atoms. The topological polar surface area (TPSA) is 24.1 Å². The molecule has 9 aromatic carbocycles. The van der Waals surface area contributed by atoms with Gasteiger partial charge in [0.25, 0.3) is 0 Å². The number of rotatable bonds is 7. The summed E-state index contributed by atoms with van der Waals surface area (Å²) in [6.45, 7) is 2.40. The molecule has 1 heterocycles. The van der Waals surface area contributed by atoms with Gasteiger partial charge in [0.2, 0.25) is 0 Å². The van der Waals surface area contributed by atoms with Crippen molar-refractivity contribution in [2.24, 2.45) is 5.92 Å². The van der Waals surface area contributed by atoms with Crippen molar-refractivity contribution in [3.8, 4) is 55.6 Å². The van der Waals surface area contributed by atoms with E-state index in [9.17, 15) is 0 Å². The third-order valence-electron chi connectivity index (χ3n) is 12.8. The summed E-state index contributed by atoms with van der Waals surface area (Å²) >= 11 is 0. The van der Waals surface area contributed by atoms with Crippen molar-refractivity contribution in [3.63, 3.8) is 0 Å². The van der Waals surface area contributed by atoms with E-state index < -0.39 is 5.54 Å². The molecule has 0 saturated heterocycles. The lowest BCUT2D eigenvalue weighted by molar-refractivity contribution is 0.412. The zero-order chi connectivity index (χ0) is 40.8. The number of fused-ring (bicyclic) bond motifs is 6. The highest BCUT2D eigenvalue weighted by Gasteiger charge is 2.36. The van der Waals surface area contributed by atoms with Crippen molar-refractivity contribution in [2.45, 2.75) is 25.3 Å². The first-order valence-corrected chi connectivity index (χ1v) is 21.5. The molecule has 11 rings (SSSR count). The van der Waals surface area contributed by atoms with Crippen LogP contribution in [0.5, 0.6) is 0 Å². The zero-order valence-corrected chi connectivity index (χ0v) is 34.3. The maximum atomic E-state index is 4.17. The van der Waals surface area contributed by atoms with E-state index in [4.69, 9.17) is 0 Å². The zero-order valence-electron chi connectivity index (χ0n) is 34.3. The summed E-state index contributed by atoms with van der Waals surface area (Å²) < 4.78 is 0. The fourth-order valence-corrected chi connectivity index (χ4v) is 10.00. The summed E-state index contributed by atoms with van der Waals surface area (Å²) in [7, 11) is 0. The number of hydrogen-bond donors (Lipinski definition) is 2. The van der Waals surface area contributed by atoms with E-state index in [1.54, 1.807) is 0 Å².